The molecule has 0 heteroatoms. The maximum absolute atomic E-state index is 1.69. The Morgan fingerprint density at radius 1 is 0.300 bits per heavy atom. The molecule has 8 aliphatic carbocycles. The van der Waals surface area contributed by atoms with E-state index in [4.69, 9.17) is 0 Å². The summed E-state index contributed by atoms with van der Waals surface area (Å²) in [5.41, 5.74) is 0. The molecule has 0 aromatic rings. The molecule has 0 aromatic heterocycles. The van der Waals surface area contributed by atoms with Crippen LogP contribution in [-0.2, 0) is 0 Å². The summed E-state index contributed by atoms with van der Waals surface area (Å²) in [4.78, 5) is 0. The Bertz CT molecular complexity index is 620. The highest BCUT2D eigenvalue weighted by Gasteiger charge is 2.60. The highest BCUT2D eigenvalue weighted by molar-refractivity contribution is 5.09. The van der Waals surface area contributed by atoms with Crippen LogP contribution in [0.1, 0.15) is 116 Å². The fraction of sp³-hybridized carbons (Fsp3) is 1.00. The fourth-order valence-electron chi connectivity index (χ4n) is 12.2. The molecule has 30 heavy (non-hydrogen) atoms. The molecule has 168 valence electrons. The predicted molar refractivity (Wildman–Crippen MR) is 125 cm³/mol. The van der Waals surface area contributed by atoms with Crippen LogP contribution < -0.4 is 0 Å². The number of rotatable bonds is 0. The maximum Gasteiger partial charge on any atom is -0.0321 e. The van der Waals surface area contributed by atoms with Crippen LogP contribution in [0, 0.1) is 71.0 Å². The Labute approximate surface area is 186 Å². The van der Waals surface area contributed by atoms with E-state index in [0.29, 0.717) is 0 Å². The van der Waals surface area contributed by atoms with Crippen molar-refractivity contribution < 1.29 is 0 Å². The maximum atomic E-state index is 1.69. The Morgan fingerprint density at radius 2 is 0.867 bits per heavy atom. The molecule has 0 nitrogen and oxygen atoms in total. The third kappa shape index (κ3) is 2.96. The van der Waals surface area contributed by atoms with Crippen molar-refractivity contribution in [2.24, 2.45) is 71.0 Å². The van der Waals surface area contributed by atoms with Gasteiger partial charge in [0.25, 0.3) is 0 Å². The summed E-state index contributed by atoms with van der Waals surface area (Å²) in [6.07, 6.45) is 29.1. The van der Waals surface area contributed by atoms with Crippen LogP contribution in [0.3, 0.4) is 0 Å². The Hall–Kier alpha value is 0. The molecule has 0 spiro atoms. The summed E-state index contributed by atoms with van der Waals surface area (Å²) < 4.78 is 0. The van der Waals surface area contributed by atoms with Gasteiger partial charge in [0, 0.05) is 0 Å². The van der Waals surface area contributed by atoms with Gasteiger partial charge in [-0.3, -0.25) is 0 Å². The molecule has 0 radical (unpaired) electrons. The van der Waals surface area contributed by atoms with E-state index in [2.05, 4.69) is 0 Å². The second kappa shape index (κ2) is 7.80. The van der Waals surface area contributed by atoms with Crippen molar-refractivity contribution in [1.82, 2.24) is 0 Å². The summed E-state index contributed by atoms with van der Waals surface area (Å²) in [7, 11) is 0. The van der Waals surface area contributed by atoms with Gasteiger partial charge >= 0.3 is 0 Å². The lowest BCUT2D eigenvalue weighted by atomic mass is 9.40. The smallest absolute Gasteiger partial charge is 0.0321 e. The Morgan fingerprint density at radius 3 is 1.73 bits per heavy atom. The van der Waals surface area contributed by atoms with Crippen molar-refractivity contribution in [3.05, 3.63) is 0 Å². The summed E-state index contributed by atoms with van der Waals surface area (Å²) in [6.45, 7) is 0. The summed E-state index contributed by atoms with van der Waals surface area (Å²) in [5, 5.41) is 0. The number of hydrogen-bond donors (Lipinski definition) is 0. The average molecular weight is 409 g/mol. The lowest BCUT2D eigenvalue weighted by Crippen LogP contribution is -2.58. The first-order valence-corrected chi connectivity index (χ1v) is 14.9. The molecule has 0 saturated heterocycles. The minimum atomic E-state index is 1.14. The number of fused-ring (bicyclic) bond motifs is 10. The topological polar surface area (TPSA) is 0 Å². The van der Waals surface area contributed by atoms with Crippen molar-refractivity contribution in [3.63, 3.8) is 0 Å². The van der Waals surface area contributed by atoms with Gasteiger partial charge < -0.3 is 0 Å². The van der Waals surface area contributed by atoms with Crippen LogP contribution in [0.2, 0.25) is 0 Å². The van der Waals surface area contributed by atoms with E-state index in [1.54, 1.807) is 116 Å². The number of hydrogen-bond acceptors (Lipinski definition) is 0. The van der Waals surface area contributed by atoms with E-state index in [9.17, 15) is 0 Å². The van der Waals surface area contributed by atoms with Gasteiger partial charge in [0.1, 0.15) is 0 Å². The van der Waals surface area contributed by atoms with Crippen molar-refractivity contribution >= 4 is 0 Å². The molecule has 0 heterocycles. The van der Waals surface area contributed by atoms with Crippen molar-refractivity contribution in [3.8, 4) is 0 Å². The van der Waals surface area contributed by atoms with Crippen molar-refractivity contribution in [2.75, 3.05) is 0 Å². The van der Waals surface area contributed by atoms with Crippen LogP contribution in [0.15, 0.2) is 0 Å². The first-order chi connectivity index (χ1) is 14.9. The van der Waals surface area contributed by atoms with Crippen LogP contribution in [0.25, 0.3) is 0 Å². The van der Waals surface area contributed by atoms with E-state index in [0.717, 1.165) is 41.4 Å². The molecule has 8 rings (SSSR count). The second-order valence-corrected chi connectivity index (χ2v) is 13.7. The van der Waals surface area contributed by atoms with Gasteiger partial charge in [0.05, 0.1) is 0 Å². The first kappa shape index (κ1) is 19.5. The highest BCUT2D eigenvalue weighted by Crippen LogP contribution is 2.67. The van der Waals surface area contributed by atoms with E-state index in [1.807, 2.05) is 0 Å². The van der Waals surface area contributed by atoms with Gasteiger partial charge in [-0.25, -0.2) is 0 Å². The van der Waals surface area contributed by atoms with E-state index < -0.39 is 0 Å². The van der Waals surface area contributed by atoms with Crippen LogP contribution in [0.5, 0.6) is 0 Å². The lowest BCUT2D eigenvalue weighted by Gasteiger charge is -2.65. The minimum absolute atomic E-state index is 1.14. The third-order valence-corrected chi connectivity index (χ3v) is 12.8. The average Bonchev–Trinajstić information content (AvgIpc) is 3.26. The molecular formula is C30H48. The normalized spacial score (nSPS) is 57.6. The molecule has 12 atom stereocenters. The minimum Gasteiger partial charge on any atom is -0.0533 e. The second-order valence-electron chi connectivity index (χ2n) is 13.7. The SMILES string of the molecule is C1CCCC2C3CCC4CCCC4C3C(CC1)C1CC3CC4CCCCC4C(C3)C21. The van der Waals surface area contributed by atoms with Crippen LogP contribution >= 0.6 is 0 Å². The van der Waals surface area contributed by atoms with Crippen LogP contribution in [-0.4, -0.2) is 0 Å². The predicted octanol–water partition coefficient (Wildman–Crippen LogP) is 8.50. The monoisotopic (exact) mass is 408 g/mol. The molecule has 8 fully saturated rings. The molecule has 8 saturated carbocycles. The molecule has 0 aromatic carbocycles. The first-order valence-electron chi connectivity index (χ1n) is 14.9. The van der Waals surface area contributed by atoms with Crippen LogP contribution in [0.4, 0.5) is 0 Å². The Kier molecular flexibility index (Phi) is 5.06. The zero-order valence-electron chi connectivity index (χ0n) is 19.7. The molecule has 0 aliphatic heterocycles. The molecule has 0 N–H and O–H groups in total. The van der Waals surface area contributed by atoms with Gasteiger partial charge in [-0.05, 0) is 129 Å². The van der Waals surface area contributed by atoms with Crippen molar-refractivity contribution in [2.45, 2.75) is 116 Å². The van der Waals surface area contributed by atoms with Crippen molar-refractivity contribution in [1.29, 1.82) is 0 Å². The summed E-state index contributed by atoms with van der Waals surface area (Å²) >= 11 is 0. The van der Waals surface area contributed by atoms with Gasteiger partial charge in [-0.15, -0.1) is 0 Å². The quantitative estimate of drug-likeness (QED) is 0.377. The highest BCUT2D eigenvalue weighted by atomic mass is 14.6. The third-order valence-electron chi connectivity index (χ3n) is 12.8. The summed E-state index contributed by atoms with van der Waals surface area (Å²) in [5.74, 6) is 13.9. The van der Waals surface area contributed by atoms with Gasteiger partial charge in [0.15, 0.2) is 0 Å². The van der Waals surface area contributed by atoms with Gasteiger partial charge in [0.2, 0.25) is 0 Å². The fourth-order valence-corrected chi connectivity index (χ4v) is 12.2. The molecule has 4 bridgehead atoms. The Balaban J connectivity index is 1.29. The largest absolute Gasteiger partial charge is 0.0533 e. The van der Waals surface area contributed by atoms with Gasteiger partial charge in [-0.1, -0.05) is 57.8 Å². The van der Waals surface area contributed by atoms with E-state index in [-0.39, 0.29) is 0 Å². The van der Waals surface area contributed by atoms with Gasteiger partial charge in [-0.2, -0.15) is 0 Å². The molecule has 0 amide bonds. The molecule has 12 unspecified atom stereocenters. The van der Waals surface area contributed by atoms with E-state index in [1.165, 1.54) is 29.6 Å². The molecular weight excluding hydrogens is 360 g/mol. The lowest BCUT2D eigenvalue weighted by molar-refractivity contribution is -0.160. The zero-order chi connectivity index (χ0) is 19.7. The standard InChI is InChI=1S/C30H48/c1-2-4-12-25-28-18-19-16-21-8-5-6-10-22(21)27(17-19)30(28)24(11-3-1)26-15-14-20-9-7-13-23(20)29(25)26/h19-30H,1-18H2. The molecule has 8 aliphatic rings. The zero-order valence-corrected chi connectivity index (χ0v) is 19.7. The summed E-state index contributed by atoms with van der Waals surface area (Å²) in [6, 6.07) is 0. The van der Waals surface area contributed by atoms with E-state index >= 15 is 0 Å².